The highest BCUT2D eigenvalue weighted by Gasteiger charge is 2.14. The van der Waals surface area contributed by atoms with Crippen LogP contribution in [0.2, 0.25) is 0 Å². The van der Waals surface area contributed by atoms with Crippen LogP contribution in [0.5, 0.6) is 0 Å². The lowest BCUT2D eigenvalue weighted by Crippen LogP contribution is -2.38. The molecule has 0 atom stereocenters. The third kappa shape index (κ3) is 3.54. The SMILES string of the molecule is O=C(Cc1coc2ccc3ccccc3c12)NCCN1CCCCC1. The molecule has 2 aromatic carbocycles. The lowest BCUT2D eigenvalue weighted by Gasteiger charge is -2.26. The molecule has 1 aromatic heterocycles. The molecule has 0 bridgehead atoms. The van der Waals surface area contributed by atoms with Gasteiger partial charge >= 0.3 is 0 Å². The van der Waals surface area contributed by atoms with Gasteiger partial charge in [0, 0.05) is 24.0 Å². The molecule has 1 N–H and O–H groups in total. The standard InChI is InChI=1S/C21H24N2O2/c24-20(22-10-13-23-11-4-1-5-12-23)14-17-15-25-19-9-8-16-6-2-3-7-18(16)21(17)19/h2-3,6-9,15H,1,4-5,10-14H2,(H,22,24). The van der Waals surface area contributed by atoms with Gasteiger partial charge in [0.2, 0.25) is 5.91 Å². The van der Waals surface area contributed by atoms with Crippen LogP contribution in [-0.4, -0.2) is 37.0 Å². The van der Waals surface area contributed by atoms with E-state index in [9.17, 15) is 4.79 Å². The summed E-state index contributed by atoms with van der Waals surface area (Å²) in [5, 5.41) is 6.43. The third-order valence-electron chi connectivity index (χ3n) is 5.09. The predicted molar refractivity (Wildman–Crippen MR) is 101 cm³/mol. The highest BCUT2D eigenvalue weighted by Crippen LogP contribution is 2.30. The number of piperidine rings is 1. The minimum absolute atomic E-state index is 0.0626. The molecular formula is C21H24N2O2. The molecule has 1 amide bonds. The topological polar surface area (TPSA) is 45.5 Å². The van der Waals surface area contributed by atoms with Gasteiger partial charge in [-0.15, -0.1) is 0 Å². The molecule has 4 rings (SSSR count). The smallest absolute Gasteiger partial charge is 0.224 e. The van der Waals surface area contributed by atoms with Gasteiger partial charge in [0.05, 0.1) is 12.7 Å². The molecule has 1 saturated heterocycles. The zero-order valence-corrected chi connectivity index (χ0v) is 14.5. The summed E-state index contributed by atoms with van der Waals surface area (Å²) < 4.78 is 5.67. The summed E-state index contributed by atoms with van der Waals surface area (Å²) in [6.45, 7) is 3.98. The normalized spacial score (nSPS) is 15.7. The van der Waals surface area contributed by atoms with Crippen LogP contribution in [0.25, 0.3) is 21.7 Å². The summed E-state index contributed by atoms with van der Waals surface area (Å²) in [5.41, 5.74) is 1.80. The number of hydrogen-bond donors (Lipinski definition) is 1. The largest absolute Gasteiger partial charge is 0.464 e. The molecule has 1 fully saturated rings. The number of carbonyl (C=O) groups excluding carboxylic acids is 1. The molecule has 1 aliphatic rings. The Bertz CT molecular complexity index is 878. The molecule has 0 spiro atoms. The molecular weight excluding hydrogens is 312 g/mol. The van der Waals surface area contributed by atoms with E-state index in [0.29, 0.717) is 6.42 Å². The Hall–Kier alpha value is -2.33. The fraction of sp³-hybridized carbons (Fsp3) is 0.381. The Morgan fingerprint density at radius 3 is 2.80 bits per heavy atom. The summed E-state index contributed by atoms with van der Waals surface area (Å²) >= 11 is 0. The van der Waals surface area contributed by atoms with E-state index in [4.69, 9.17) is 4.42 Å². The molecule has 130 valence electrons. The highest BCUT2D eigenvalue weighted by molar-refractivity contribution is 6.08. The van der Waals surface area contributed by atoms with E-state index in [1.165, 1.54) is 24.6 Å². The van der Waals surface area contributed by atoms with E-state index in [1.807, 2.05) is 18.2 Å². The molecule has 0 unspecified atom stereocenters. The Morgan fingerprint density at radius 2 is 1.92 bits per heavy atom. The minimum Gasteiger partial charge on any atom is -0.464 e. The molecule has 4 nitrogen and oxygen atoms in total. The summed E-state index contributed by atoms with van der Waals surface area (Å²) in [4.78, 5) is 14.8. The quantitative estimate of drug-likeness (QED) is 0.772. The maximum absolute atomic E-state index is 12.4. The lowest BCUT2D eigenvalue weighted by molar-refractivity contribution is -0.120. The van der Waals surface area contributed by atoms with Crippen molar-refractivity contribution in [2.24, 2.45) is 0 Å². The number of fused-ring (bicyclic) bond motifs is 3. The molecule has 2 heterocycles. The van der Waals surface area contributed by atoms with E-state index >= 15 is 0 Å². The van der Waals surface area contributed by atoms with Crippen molar-refractivity contribution in [1.29, 1.82) is 0 Å². The zero-order chi connectivity index (χ0) is 17.1. The van der Waals surface area contributed by atoms with Crippen LogP contribution < -0.4 is 5.32 Å². The molecule has 0 aliphatic carbocycles. The number of rotatable bonds is 5. The lowest BCUT2D eigenvalue weighted by atomic mass is 10.0. The number of benzene rings is 2. The number of amides is 1. The van der Waals surface area contributed by atoms with Crippen molar-refractivity contribution in [2.45, 2.75) is 25.7 Å². The molecule has 0 radical (unpaired) electrons. The third-order valence-corrected chi connectivity index (χ3v) is 5.09. The van der Waals surface area contributed by atoms with Crippen molar-refractivity contribution in [3.05, 3.63) is 48.2 Å². The number of hydrogen-bond acceptors (Lipinski definition) is 3. The Kier molecular flexibility index (Phi) is 4.70. The number of nitrogens with one attached hydrogen (secondary N) is 1. The average molecular weight is 336 g/mol. The molecule has 3 aromatic rings. The minimum atomic E-state index is 0.0626. The first-order chi connectivity index (χ1) is 12.3. The number of furan rings is 1. The van der Waals surface area contributed by atoms with Crippen molar-refractivity contribution in [3.8, 4) is 0 Å². The Labute approximate surface area is 147 Å². The summed E-state index contributed by atoms with van der Waals surface area (Å²) in [6.07, 6.45) is 5.98. The van der Waals surface area contributed by atoms with Crippen LogP contribution in [0.3, 0.4) is 0 Å². The molecule has 4 heteroatoms. The van der Waals surface area contributed by atoms with Crippen molar-refractivity contribution < 1.29 is 9.21 Å². The van der Waals surface area contributed by atoms with Crippen molar-refractivity contribution >= 4 is 27.6 Å². The van der Waals surface area contributed by atoms with E-state index in [1.54, 1.807) is 6.26 Å². The first-order valence-electron chi connectivity index (χ1n) is 9.18. The van der Waals surface area contributed by atoms with Crippen LogP contribution in [0, 0.1) is 0 Å². The van der Waals surface area contributed by atoms with E-state index in [0.717, 1.165) is 48.1 Å². The second-order valence-corrected chi connectivity index (χ2v) is 6.85. The van der Waals surface area contributed by atoms with Crippen LogP contribution >= 0.6 is 0 Å². The Morgan fingerprint density at radius 1 is 1.08 bits per heavy atom. The second kappa shape index (κ2) is 7.28. The van der Waals surface area contributed by atoms with Gasteiger partial charge in [-0.2, -0.15) is 0 Å². The Balaban J connectivity index is 1.43. The van der Waals surface area contributed by atoms with Crippen molar-refractivity contribution in [3.63, 3.8) is 0 Å². The van der Waals surface area contributed by atoms with E-state index in [2.05, 4.69) is 28.4 Å². The monoisotopic (exact) mass is 336 g/mol. The summed E-state index contributed by atoms with van der Waals surface area (Å²) in [7, 11) is 0. The summed E-state index contributed by atoms with van der Waals surface area (Å²) in [6, 6.07) is 12.3. The second-order valence-electron chi connectivity index (χ2n) is 6.85. The van der Waals surface area contributed by atoms with Crippen molar-refractivity contribution in [2.75, 3.05) is 26.2 Å². The van der Waals surface area contributed by atoms with Crippen LogP contribution in [0.4, 0.5) is 0 Å². The van der Waals surface area contributed by atoms with Gasteiger partial charge in [0.15, 0.2) is 0 Å². The van der Waals surface area contributed by atoms with E-state index < -0.39 is 0 Å². The molecule has 25 heavy (non-hydrogen) atoms. The van der Waals surface area contributed by atoms with Crippen molar-refractivity contribution in [1.82, 2.24) is 10.2 Å². The van der Waals surface area contributed by atoms with Gasteiger partial charge in [0.1, 0.15) is 5.58 Å². The first kappa shape index (κ1) is 16.2. The van der Waals surface area contributed by atoms with Gasteiger partial charge in [-0.05, 0) is 42.8 Å². The summed E-state index contributed by atoms with van der Waals surface area (Å²) in [5.74, 6) is 0.0626. The van der Waals surface area contributed by atoms with Gasteiger partial charge < -0.3 is 14.6 Å². The van der Waals surface area contributed by atoms with Crippen LogP contribution in [-0.2, 0) is 11.2 Å². The predicted octanol–water partition coefficient (Wildman–Crippen LogP) is 3.73. The highest BCUT2D eigenvalue weighted by atomic mass is 16.3. The maximum Gasteiger partial charge on any atom is 0.224 e. The van der Waals surface area contributed by atoms with Gasteiger partial charge in [-0.25, -0.2) is 0 Å². The fourth-order valence-corrected chi connectivity index (χ4v) is 3.78. The fourth-order valence-electron chi connectivity index (χ4n) is 3.78. The van der Waals surface area contributed by atoms with E-state index in [-0.39, 0.29) is 5.91 Å². The van der Waals surface area contributed by atoms with Crippen LogP contribution in [0.1, 0.15) is 24.8 Å². The van der Waals surface area contributed by atoms with Crippen LogP contribution in [0.15, 0.2) is 47.1 Å². The number of nitrogens with zero attached hydrogens (tertiary/aromatic N) is 1. The maximum atomic E-state index is 12.4. The average Bonchev–Trinajstić information content (AvgIpc) is 3.06. The number of carbonyl (C=O) groups is 1. The van der Waals surface area contributed by atoms with Gasteiger partial charge in [-0.1, -0.05) is 36.8 Å². The zero-order valence-electron chi connectivity index (χ0n) is 14.5. The van der Waals surface area contributed by atoms with Gasteiger partial charge in [0.25, 0.3) is 0 Å². The first-order valence-corrected chi connectivity index (χ1v) is 9.18. The molecule has 0 saturated carbocycles. The number of likely N-dealkylation sites (tertiary alicyclic amines) is 1. The molecule has 1 aliphatic heterocycles. The van der Waals surface area contributed by atoms with Gasteiger partial charge in [-0.3, -0.25) is 4.79 Å².